The predicted octanol–water partition coefficient (Wildman–Crippen LogP) is 4.95. The van der Waals surface area contributed by atoms with Crippen LogP contribution in [0, 0.1) is 0 Å². The van der Waals surface area contributed by atoms with Crippen molar-refractivity contribution in [3.8, 4) is 28.6 Å². The molecule has 12 nitrogen and oxygen atoms in total. The third-order valence-corrected chi connectivity index (χ3v) is 10.3. The fraction of sp³-hybridized carbons (Fsp3) is 0.242. The van der Waals surface area contributed by atoms with Gasteiger partial charge in [0, 0.05) is 18.7 Å². The molecule has 0 spiro atoms. The number of tetrazole rings is 1. The van der Waals surface area contributed by atoms with Crippen molar-refractivity contribution in [2.45, 2.75) is 42.8 Å². The molecule has 1 unspecified atom stereocenters. The van der Waals surface area contributed by atoms with Gasteiger partial charge in [0.2, 0.25) is 15.8 Å². The largest absolute Gasteiger partial charge is 0.497 e. The lowest BCUT2D eigenvalue weighted by Gasteiger charge is -2.25. The van der Waals surface area contributed by atoms with Crippen molar-refractivity contribution in [1.82, 2.24) is 24.5 Å². The van der Waals surface area contributed by atoms with E-state index in [1.807, 2.05) is 31.2 Å². The SMILES string of the molecule is CCc1ccc(S(=O)O)c(S(=O)(=O)N(Cc2ccc(OC)cc2)Cc2ccc(OC)cc2)c1-c1nnn(Cc2ccc(OC)cc2)n1. The minimum atomic E-state index is -4.49. The summed E-state index contributed by atoms with van der Waals surface area (Å²) in [4.78, 5) is 0.726. The second-order valence-corrected chi connectivity index (χ2v) is 13.3. The summed E-state index contributed by atoms with van der Waals surface area (Å²) < 4.78 is 70.0. The lowest BCUT2D eigenvalue weighted by Crippen LogP contribution is -2.32. The van der Waals surface area contributed by atoms with Gasteiger partial charge in [-0.25, -0.2) is 12.6 Å². The summed E-state index contributed by atoms with van der Waals surface area (Å²) in [6.45, 7) is 2.04. The first-order valence-electron chi connectivity index (χ1n) is 14.6. The molecule has 1 aromatic heterocycles. The van der Waals surface area contributed by atoms with Gasteiger partial charge in [0.05, 0.1) is 32.8 Å². The quantitative estimate of drug-likeness (QED) is 0.160. The Labute approximate surface area is 276 Å². The van der Waals surface area contributed by atoms with Crippen LogP contribution in [0.1, 0.15) is 29.2 Å². The topological polar surface area (TPSA) is 146 Å². The zero-order valence-corrected chi connectivity index (χ0v) is 28.0. The molecule has 14 heteroatoms. The molecular formula is C33H35N5O7S2. The predicted molar refractivity (Wildman–Crippen MR) is 176 cm³/mol. The fourth-order valence-corrected chi connectivity index (χ4v) is 7.74. The number of aryl methyl sites for hydroxylation is 1. The van der Waals surface area contributed by atoms with Gasteiger partial charge >= 0.3 is 0 Å². The third kappa shape index (κ3) is 7.68. The molecule has 0 aliphatic heterocycles. The Balaban J connectivity index is 1.63. The highest BCUT2D eigenvalue weighted by Gasteiger charge is 2.35. The Morgan fingerprint density at radius 1 is 0.766 bits per heavy atom. The van der Waals surface area contributed by atoms with Gasteiger partial charge in [0.1, 0.15) is 22.1 Å². The molecular weight excluding hydrogens is 643 g/mol. The summed E-state index contributed by atoms with van der Waals surface area (Å²) in [5, 5.41) is 13.0. The van der Waals surface area contributed by atoms with E-state index >= 15 is 0 Å². The summed E-state index contributed by atoms with van der Waals surface area (Å²) in [5.74, 6) is 1.97. The van der Waals surface area contributed by atoms with E-state index in [0.29, 0.717) is 40.4 Å². The number of sulfonamides is 1. The maximum absolute atomic E-state index is 14.9. The summed E-state index contributed by atoms with van der Waals surface area (Å²) in [7, 11) is 0.199. The first kappa shape index (κ1) is 33.7. The van der Waals surface area contributed by atoms with Gasteiger partial charge in [-0.05, 0) is 76.4 Å². The van der Waals surface area contributed by atoms with E-state index in [1.165, 1.54) is 15.2 Å². The maximum atomic E-state index is 14.9. The van der Waals surface area contributed by atoms with E-state index in [4.69, 9.17) is 14.2 Å². The van der Waals surface area contributed by atoms with Crippen LogP contribution in [0.4, 0.5) is 0 Å². The Hall–Kier alpha value is -4.63. The number of aromatic nitrogens is 4. The summed E-state index contributed by atoms with van der Waals surface area (Å²) in [6, 6.07) is 24.4. The first-order valence-corrected chi connectivity index (χ1v) is 17.1. The summed E-state index contributed by atoms with van der Waals surface area (Å²) in [5.41, 5.74) is 2.95. The third-order valence-electron chi connectivity index (χ3n) is 7.57. The van der Waals surface area contributed by atoms with Crippen LogP contribution in [0.3, 0.4) is 0 Å². The second-order valence-electron chi connectivity index (χ2n) is 10.5. The number of ether oxygens (including phenoxy) is 3. The van der Waals surface area contributed by atoms with Crippen LogP contribution in [-0.4, -0.2) is 63.0 Å². The lowest BCUT2D eigenvalue weighted by molar-refractivity contribution is 0.396. The standard InChI is InChI=1S/C33H35N5O7S2/c1-5-26-12-19-30(46(39)40)32(31(26)33-34-36-38(35-33)22-25-10-17-29(45-4)18-11-25)47(41,42)37(20-23-6-13-27(43-2)14-7-23)21-24-8-15-28(44-3)16-9-24/h6-19H,5,20-22H2,1-4H3,(H,39,40). The monoisotopic (exact) mass is 677 g/mol. The van der Waals surface area contributed by atoms with Crippen molar-refractivity contribution >= 4 is 21.1 Å². The molecule has 5 rings (SSSR count). The molecule has 1 N–H and O–H groups in total. The van der Waals surface area contributed by atoms with Crippen molar-refractivity contribution in [3.63, 3.8) is 0 Å². The van der Waals surface area contributed by atoms with Crippen LogP contribution < -0.4 is 14.2 Å². The normalized spacial score (nSPS) is 12.2. The summed E-state index contributed by atoms with van der Waals surface area (Å²) in [6.07, 6.45) is 0.403. The first-order chi connectivity index (χ1) is 22.7. The van der Waals surface area contributed by atoms with Gasteiger partial charge in [-0.2, -0.15) is 9.10 Å². The number of hydrogen-bond acceptors (Lipinski definition) is 9. The highest BCUT2D eigenvalue weighted by molar-refractivity contribution is 7.90. The van der Waals surface area contributed by atoms with Crippen LogP contribution in [0.5, 0.6) is 17.2 Å². The highest BCUT2D eigenvalue weighted by atomic mass is 32.2. The molecule has 0 amide bonds. The van der Waals surface area contributed by atoms with Crippen molar-refractivity contribution in [2.75, 3.05) is 21.3 Å². The number of nitrogens with zero attached hydrogens (tertiary/aromatic N) is 5. The van der Waals surface area contributed by atoms with Gasteiger partial charge in [0.25, 0.3) is 0 Å². The van der Waals surface area contributed by atoms with Crippen molar-refractivity contribution in [2.24, 2.45) is 0 Å². The van der Waals surface area contributed by atoms with Crippen molar-refractivity contribution in [1.29, 1.82) is 0 Å². The molecule has 0 bridgehead atoms. The number of benzene rings is 4. The Bertz CT molecular complexity index is 1900. The molecule has 0 saturated heterocycles. The number of hydrogen-bond donors (Lipinski definition) is 1. The highest BCUT2D eigenvalue weighted by Crippen LogP contribution is 2.37. The van der Waals surface area contributed by atoms with Crippen molar-refractivity contribution < 1.29 is 31.4 Å². The molecule has 246 valence electrons. The van der Waals surface area contributed by atoms with Crippen LogP contribution in [0.2, 0.25) is 0 Å². The van der Waals surface area contributed by atoms with Crippen LogP contribution in [0.25, 0.3) is 11.4 Å². The van der Waals surface area contributed by atoms with Gasteiger partial charge in [-0.3, -0.25) is 0 Å². The van der Waals surface area contributed by atoms with Gasteiger partial charge in [-0.1, -0.05) is 49.4 Å². The van der Waals surface area contributed by atoms with Crippen LogP contribution >= 0.6 is 0 Å². The molecule has 47 heavy (non-hydrogen) atoms. The van der Waals surface area contributed by atoms with E-state index in [9.17, 15) is 17.2 Å². The van der Waals surface area contributed by atoms with E-state index in [-0.39, 0.29) is 40.8 Å². The average Bonchev–Trinajstić information content (AvgIpc) is 3.56. The minimum absolute atomic E-state index is 0.0232. The van der Waals surface area contributed by atoms with E-state index in [1.54, 1.807) is 75.9 Å². The average molecular weight is 678 g/mol. The van der Waals surface area contributed by atoms with Crippen LogP contribution in [0.15, 0.2) is 94.7 Å². The molecule has 0 fully saturated rings. The lowest BCUT2D eigenvalue weighted by atomic mass is 10.0. The van der Waals surface area contributed by atoms with E-state index in [2.05, 4.69) is 15.4 Å². The van der Waals surface area contributed by atoms with Gasteiger partial charge in [-0.15, -0.1) is 10.2 Å². The van der Waals surface area contributed by atoms with Crippen LogP contribution in [-0.2, 0) is 47.2 Å². The molecule has 5 aromatic rings. The zero-order chi connectivity index (χ0) is 33.6. The Morgan fingerprint density at radius 3 is 1.70 bits per heavy atom. The zero-order valence-electron chi connectivity index (χ0n) is 26.4. The smallest absolute Gasteiger partial charge is 0.245 e. The molecule has 0 aliphatic carbocycles. The number of methoxy groups -OCH3 is 3. The minimum Gasteiger partial charge on any atom is -0.497 e. The number of rotatable bonds is 14. The van der Waals surface area contributed by atoms with Gasteiger partial charge < -0.3 is 18.8 Å². The second kappa shape index (κ2) is 14.9. The van der Waals surface area contributed by atoms with Gasteiger partial charge in [0.15, 0.2) is 11.1 Å². The molecule has 4 aromatic carbocycles. The molecule has 0 saturated carbocycles. The molecule has 1 atom stereocenters. The maximum Gasteiger partial charge on any atom is 0.245 e. The van der Waals surface area contributed by atoms with E-state index < -0.39 is 21.1 Å². The summed E-state index contributed by atoms with van der Waals surface area (Å²) >= 11 is -2.66. The van der Waals surface area contributed by atoms with Crippen molar-refractivity contribution in [3.05, 3.63) is 107 Å². The molecule has 0 aliphatic rings. The molecule has 1 heterocycles. The Morgan fingerprint density at radius 2 is 1.26 bits per heavy atom. The van der Waals surface area contributed by atoms with E-state index in [0.717, 1.165) is 5.56 Å². The Kier molecular flexibility index (Phi) is 10.7. The fourth-order valence-electron chi connectivity index (χ4n) is 5.07. The molecule has 0 radical (unpaired) electrons.